The number of nitrogens with two attached hydrogens (primary N) is 1. The maximum Gasteiger partial charge on any atom is 0.220 e. The molecule has 0 aliphatic carbocycles. The van der Waals surface area contributed by atoms with E-state index in [0.717, 1.165) is 25.0 Å². The lowest BCUT2D eigenvalue weighted by Crippen LogP contribution is -2.29. The number of carbonyl (C=O) groups is 1. The first-order chi connectivity index (χ1) is 9.43. The summed E-state index contributed by atoms with van der Waals surface area (Å²) in [6.07, 6.45) is 6.67. The molecule has 1 atom stereocenters. The molecular weight excluding hydrogens is 252 g/mol. The minimum atomic E-state index is 0.121. The van der Waals surface area contributed by atoms with Crippen LogP contribution >= 0.6 is 0 Å². The van der Waals surface area contributed by atoms with Crippen molar-refractivity contribution in [2.75, 3.05) is 13.1 Å². The van der Waals surface area contributed by atoms with Gasteiger partial charge in [-0.2, -0.15) is 0 Å². The molecule has 1 aromatic heterocycles. The molecule has 1 heterocycles. The predicted molar refractivity (Wildman–Crippen MR) is 81.2 cm³/mol. The van der Waals surface area contributed by atoms with Crippen LogP contribution in [-0.2, 0) is 11.2 Å². The van der Waals surface area contributed by atoms with E-state index in [1.54, 1.807) is 12.5 Å². The van der Waals surface area contributed by atoms with Crippen LogP contribution in [0.1, 0.15) is 45.7 Å². The monoisotopic (exact) mass is 280 g/mol. The number of carbonyl (C=O) groups excluding carboxylic acids is 1. The Hall–Kier alpha value is -1.36. The lowest BCUT2D eigenvalue weighted by molar-refractivity contribution is -0.121. The molecule has 5 heteroatoms. The number of rotatable bonds is 8. The molecule has 0 aliphatic rings. The van der Waals surface area contributed by atoms with Crippen molar-refractivity contribution in [2.45, 2.75) is 46.5 Å². The molecule has 1 aromatic rings. The smallest absolute Gasteiger partial charge is 0.220 e. The van der Waals surface area contributed by atoms with Crippen molar-refractivity contribution in [1.82, 2.24) is 15.3 Å². The van der Waals surface area contributed by atoms with Gasteiger partial charge in [-0.3, -0.25) is 4.79 Å². The first-order valence-electron chi connectivity index (χ1n) is 7.37. The summed E-state index contributed by atoms with van der Waals surface area (Å²) in [6.45, 7) is 7.97. The Morgan fingerprint density at radius 2 is 2.20 bits per heavy atom. The molecule has 0 fully saturated rings. The largest absolute Gasteiger partial charge is 0.356 e. The van der Waals surface area contributed by atoms with Gasteiger partial charge in [0.1, 0.15) is 0 Å². The van der Waals surface area contributed by atoms with E-state index >= 15 is 0 Å². The van der Waals surface area contributed by atoms with Crippen molar-refractivity contribution in [3.05, 3.63) is 18.2 Å². The van der Waals surface area contributed by atoms with Gasteiger partial charge in [-0.15, -0.1) is 0 Å². The Morgan fingerprint density at radius 1 is 1.45 bits per heavy atom. The maximum atomic E-state index is 11.8. The lowest BCUT2D eigenvalue weighted by Gasteiger charge is -2.30. The van der Waals surface area contributed by atoms with Gasteiger partial charge in [0.05, 0.1) is 6.33 Å². The summed E-state index contributed by atoms with van der Waals surface area (Å²) in [5.74, 6) is 0.613. The Balaban J connectivity index is 2.24. The normalized spacial score (nSPS) is 13.2. The molecule has 1 amide bonds. The van der Waals surface area contributed by atoms with Crippen LogP contribution < -0.4 is 11.1 Å². The minimum Gasteiger partial charge on any atom is -0.356 e. The van der Waals surface area contributed by atoms with E-state index in [1.807, 2.05) is 0 Å². The van der Waals surface area contributed by atoms with Gasteiger partial charge in [0.25, 0.3) is 0 Å². The van der Waals surface area contributed by atoms with Gasteiger partial charge in [0, 0.05) is 31.3 Å². The van der Waals surface area contributed by atoms with Crippen LogP contribution in [0.15, 0.2) is 12.5 Å². The summed E-state index contributed by atoms with van der Waals surface area (Å²) in [7, 11) is 0. The first-order valence-corrected chi connectivity index (χ1v) is 7.37. The first kappa shape index (κ1) is 16.7. The third-order valence-electron chi connectivity index (χ3n) is 3.73. The van der Waals surface area contributed by atoms with Crippen LogP contribution in [0.5, 0.6) is 0 Å². The van der Waals surface area contributed by atoms with Crippen molar-refractivity contribution in [3.63, 3.8) is 0 Å². The second-order valence-electron chi connectivity index (χ2n) is 6.36. The summed E-state index contributed by atoms with van der Waals surface area (Å²) in [5.41, 5.74) is 6.90. The van der Waals surface area contributed by atoms with Gasteiger partial charge < -0.3 is 16.0 Å². The van der Waals surface area contributed by atoms with Crippen molar-refractivity contribution < 1.29 is 4.79 Å². The fourth-order valence-corrected chi connectivity index (χ4v) is 2.36. The van der Waals surface area contributed by atoms with E-state index in [1.165, 1.54) is 0 Å². The number of amides is 1. The van der Waals surface area contributed by atoms with Crippen molar-refractivity contribution in [1.29, 1.82) is 0 Å². The predicted octanol–water partition coefficient (Wildman–Crippen LogP) is 1.86. The third-order valence-corrected chi connectivity index (χ3v) is 3.73. The fourth-order valence-electron chi connectivity index (χ4n) is 2.36. The number of aromatic nitrogens is 2. The molecule has 4 N–H and O–H groups in total. The maximum absolute atomic E-state index is 11.8. The number of nitrogens with zero attached hydrogens (tertiary/aromatic N) is 1. The van der Waals surface area contributed by atoms with Crippen LogP contribution in [0.25, 0.3) is 0 Å². The molecule has 1 unspecified atom stereocenters. The molecule has 0 aliphatic heterocycles. The minimum absolute atomic E-state index is 0.121. The van der Waals surface area contributed by atoms with Gasteiger partial charge in [-0.05, 0) is 30.7 Å². The highest BCUT2D eigenvalue weighted by atomic mass is 16.1. The van der Waals surface area contributed by atoms with E-state index < -0.39 is 0 Å². The van der Waals surface area contributed by atoms with Crippen LogP contribution in [0.2, 0.25) is 0 Å². The molecule has 0 saturated heterocycles. The highest BCUT2D eigenvalue weighted by Crippen LogP contribution is 2.31. The Morgan fingerprint density at radius 3 is 2.75 bits per heavy atom. The second-order valence-corrected chi connectivity index (χ2v) is 6.36. The van der Waals surface area contributed by atoms with Gasteiger partial charge in [0.15, 0.2) is 0 Å². The number of hydrogen-bond acceptors (Lipinski definition) is 3. The number of imidazole rings is 1. The number of hydrogen-bond donors (Lipinski definition) is 3. The van der Waals surface area contributed by atoms with Crippen LogP contribution in [-0.4, -0.2) is 29.0 Å². The van der Waals surface area contributed by atoms with Gasteiger partial charge in [-0.1, -0.05) is 20.8 Å². The molecule has 114 valence electrons. The zero-order valence-electron chi connectivity index (χ0n) is 12.9. The second kappa shape index (κ2) is 8.04. The number of aromatic amines is 1. The number of H-pyrrole nitrogens is 1. The van der Waals surface area contributed by atoms with Gasteiger partial charge in [-0.25, -0.2) is 4.98 Å². The van der Waals surface area contributed by atoms with E-state index in [-0.39, 0.29) is 11.3 Å². The molecule has 5 nitrogen and oxygen atoms in total. The van der Waals surface area contributed by atoms with Crippen molar-refractivity contribution in [3.8, 4) is 0 Å². The van der Waals surface area contributed by atoms with Gasteiger partial charge in [0.2, 0.25) is 5.91 Å². The van der Waals surface area contributed by atoms with Gasteiger partial charge >= 0.3 is 0 Å². The lowest BCUT2D eigenvalue weighted by atomic mass is 9.76. The standard InChI is InChI=1S/C15H28N4O/c1-15(2,3)12(6-8-16)4-5-14(20)18-9-7-13-10-17-11-19-13/h10-12H,4-9,16H2,1-3H3,(H,17,19)(H,18,20). The molecule has 20 heavy (non-hydrogen) atoms. The highest BCUT2D eigenvalue weighted by molar-refractivity contribution is 5.75. The Bertz CT molecular complexity index is 381. The number of nitrogens with one attached hydrogen (secondary N) is 2. The average molecular weight is 280 g/mol. The van der Waals surface area contributed by atoms with E-state index in [0.29, 0.717) is 25.4 Å². The summed E-state index contributed by atoms with van der Waals surface area (Å²) in [5, 5.41) is 2.95. The molecular formula is C15H28N4O. The molecule has 1 rings (SSSR count). The summed E-state index contributed by atoms with van der Waals surface area (Å²) >= 11 is 0. The quantitative estimate of drug-likeness (QED) is 0.679. The molecule has 0 spiro atoms. The fraction of sp³-hybridized carbons (Fsp3) is 0.733. The molecule has 0 radical (unpaired) electrons. The van der Waals surface area contributed by atoms with Crippen molar-refractivity contribution >= 4 is 5.91 Å². The van der Waals surface area contributed by atoms with Crippen LogP contribution in [0.4, 0.5) is 0 Å². The van der Waals surface area contributed by atoms with E-state index in [4.69, 9.17) is 5.73 Å². The molecule has 0 saturated carbocycles. The summed E-state index contributed by atoms with van der Waals surface area (Å²) in [6, 6.07) is 0. The summed E-state index contributed by atoms with van der Waals surface area (Å²) < 4.78 is 0. The zero-order valence-corrected chi connectivity index (χ0v) is 12.9. The molecule has 0 bridgehead atoms. The zero-order chi connectivity index (χ0) is 15.0. The van der Waals surface area contributed by atoms with E-state index in [2.05, 4.69) is 36.1 Å². The summed E-state index contributed by atoms with van der Waals surface area (Å²) in [4.78, 5) is 18.8. The Kier molecular flexibility index (Phi) is 6.71. The topological polar surface area (TPSA) is 83.8 Å². The van der Waals surface area contributed by atoms with Crippen LogP contribution in [0, 0.1) is 11.3 Å². The molecule has 0 aromatic carbocycles. The SMILES string of the molecule is CC(C)(C)C(CCN)CCC(=O)NCCc1cnc[nH]1. The highest BCUT2D eigenvalue weighted by Gasteiger charge is 2.24. The van der Waals surface area contributed by atoms with Crippen molar-refractivity contribution in [2.24, 2.45) is 17.1 Å². The van der Waals surface area contributed by atoms with Crippen LogP contribution in [0.3, 0.4) is 0 Å². The van der Waals surface area contributed by atoms with E-state index in [9.17, 15) is 4.79 Å². The third kappa shape index (κ3) is 6.19. The Labute approximate surface area is 121 Å². The average Bonchev–Trinajstić information content (AvgIpc) is 2.86.